The molecule has 0 N–H and O–H groups in total. The Kier molecular flexibility index (Phi) is 7.84. The first kappa shape index (κ1) is 23.5. The Bertz CT molecular complexity index is 1230. The molecular formula is C28H29NO2S2. The van der Waals surface area contributed by atoms with Crippen LogP contribution in [0.3, 0.4) is 0 Å². The predicted octanol–water partition coefficient (Wildman–Crippen LogP) is 7.71. The van der Waals surface area contributed by atoms with E-state index in [0.717, 1.165) is 52.8 Å². The molecule has 3 aromatic heterocycles. The van der Waals surface area contributed by atoms with Gasteiger partial charge in [0.15, 0.2) is 11.6 Å². The zero-order chi connectivity index (χ0) is 23.2. The van der Waals surface area contributed by atoms with Gasteiger partial charge in [-0.05, 0) is 80.5 Å². The molecule has 4 rings (SSSR count). The summed E-state index contributed by atoms with van der Waals surface area (Å²) in [5.74, 6) is 0.548. The van der Waals surface area contributed by atoms with Gasteiger partial charge in [0.1, 0.15) is 4.83 Å². The van der Waals surface area contributed by atoms with Crippen LogP contribution in [0.2, 0.25) is 0 Å². The quantitative estimate of drug-likeness (QED) is 0.209. The summed E-state index contributed by atoms with van der Waals surface area (Å²) in [5, 5.41) is 3.05. The van der Waals surface area contributed by atoms with E-state index < -0.39 is 0 Å². The van der Waals surface area contributed by atoms with E-state index in [1.807, 2.05) is 19.1 Å². The van der Waals surface area contributed by atoms with E-state index >= 15 is 0 Å². The SMILES string of the molecule is CC(=O)c1cnc2sc(C(=O)CC(CCCc3cccs3)CCc3ccccc3)c(C)c2c1. The Balaban J connectivity index is 1.48. The van der Waals surface area contributed by atoms with Gasteiger partial charge in [0.05, 0.1) is 4.88 Å². The van der Waals surface area contributed by atoms with E-state index in [2.05, 4.69) is 46.8 Å². The summed E-state index contributed by atoms with van der Waals surface area (Å²) in [6.45, 7) is 3.53. The van der Waals surface area contributed by atoms with Crippen molar-refractivity contribution in [3.05, 3.63) is 86.6 Å². The van der Waals surface area contributed by atoms with Gasteiger partial charge in [-0.3, -0.25) is 9.59 Å². The average molecular weight is 476 g/mol. The van der Waals surface area contributed by atoms with Crippen LogP contribution < -0.4 is 0 Å². The van der Waals surface area contributed by atoms with Crippen LogP contribution in [0.1, 0.15) is 68.6 Å². The summed E-state index contributed by atoms with van der Waals surface area (Å²) >= 11 is 3.27. The second-order valence-corrected chi connectivity index (χ2v) is 10.7. The van der Waals surface area contributed by atoms with Gasteiger partial charge in [0.25, 0.3) is 0 Å². The Morgan fingerprint density at radius 1 is 1.03 bits per heavy atom. The maximum atomic E-state index is 13.4. The van der Waals surface area contributed by atoms with E-state index in [9.17, 15) is 9.59 Å². The molecule has 0 fully saturated rings. The first-order valence-electron chi connectivity index (χ1n) is 11.5. The molecule has 3 nitrogen and oxygen atoms in total. The highest BCUT2D eigenvalue weighted by molar-refractivity contribution is 7.20. The fourth-order valence-corrected chi connectivity index (χ4v) is 6.13. The molecule has 4 aromatic rings. The molecule has 0 aliphatic carbocycles. The Hall–Kier alpha value is -2.63. The van der Waals surface area contributed by atoms with Crippen LogP contribution in [0.25, 0.3) is 10.2 Å². The summed E-state index contributed by atoms with van der Waals surface area (Å²) in [4.78, 5) is 32.6. The number of aromatic nitrogens is 1. The third-order valence-electron chi connectivity index (χ3n) is 6.23. The molecular weight excluding hydrogens is 446 g/mol. The number of benzene rings is 1. The molecule has 1 aromatic carbocycles. The van der Waals surface area contributed by atoms with Gasteiger partial charge in [0.2, 0.25) is 0 Å². The van der Waals surface area contributed by atoms with E-state index in [-0.39, 0.29) is 11.6 Å². The Morgan fingerprint density at radius 3 is 2.58 bits per heavy atom. The molecule has 5 heteroatoms. The minimum atomic E-state index is -0.00501. The minimum absolute atomic E-state index is 0.00501. The van der Waals surface area contributed by atoms with Crippen molar-refractivity contribution in [2.45, 2.75) is 52.4 Å². The smallest absolute Gasteiger partial charge is 0.173 e. The monoisotopic (exact) mass is 475 g/mol. The van der Waals surface area contributed by atoms with Crippen LogP contribution in [-0.2, 0) is 12.8 Å². The maximum Gasteiger partial charge on any atom is 0.173 e. The van der Waals surface area contributed by atoms with Crippen molar-refractivity contribution in [3.8, 4) is 0 Å². The van der Waals surface area contributed by atoms with Crippen LogP contribution in [0, 0.1) is 12.8 Å². The van der Waals surface area contributed by atoms with Crippen LogP contribution in [0.15, 0.2) is 60.1 Å². The second kappa shape index (κ2) is 11.0. The third kappa shape index (κ3) is 6.04. The first-order chi connectivity index (χ1) is 16.0. The van der Waals surface area contributed by atoms with Crippen molar-refractivity contribution in [1.29, 1.82) is 0 Å². The van der Waals surface area contributed by atoms with E-state index in [1.54, 1.807) is 24.5 Å². The number of carbonyl (C=O) groups is 2. The molecule has 0 amide bonds. The summed E-state index contributed by atoms with van der Waals surface area (Å²) in [5.41, 5.74) is 2.87. The van der Waals surface area contributed by atoms with Crippen molar-refractivity contribution in [2.75, 3.05) is 0 Å². The number of pyridine rings is 1. The molecule has 1 atom stereocenters. The van der Waals surface area contributed by atoms with Gasteiger partial charge in [-0.2, -0.15) is 0 Å². The number of ketones is 2. The zero-order valence-corrected chi connectivity index (χ0v) is 20.8. The number of fused-ring (bicyclic) bond motifs is 1. The van der Waals surface area contributed by atoms with Gasteiger partial charge in [0, 0.05) is 28.4 Å². The van der Waals surface area contributed by atoms with E-state index in [4.69, 9.17) is 0 Å². The molecule has 0 bridgehead atoms. The minimum Gasteiger partial charge on any atom is -0.294 e. The second-order valence-electron chi connectivity index (χ2n) is 8.68. The van der Waals surface area contributed by atoms with Crippen LogP contribution in [0.5, 0.6) is 0 Å². The summed E-state index contributed by atoms with van der Waals surface area (Å²) < 4.78 is 0. The highest BCUT2D eigenvalue weighted by atomic mass is 32.1. The van der Waals surface area contributed by atoms with Gasteiger partial charge >= 0.3 is 0 Å². The molecule has 0 aliphatic rings. The summed E-state index contributed by atoms with van der Waals surface area (Å²) in [7, 11) is 0. The highest BCUT2D eigenvalue weighted by Gasteiger charge is 2.21. The number of hydrogen-bond donors (Lipinski definition) is 0. The lowest BCUT2D eigenvalue weighted by molar-refractivity contribution is 0.0958. The molecule has 33 heavy (non-hydrogen) atoms. The van der Waals surface area contributed by atoms with E-state index in [1.165, 1.54) is 21.8 Å². The molecule has 0 saturated heterocycles. The molecule has 0 radical (unpaired) electrons. The van der Waals surface area contributed by atoms with Gasteiger partial charge < -0.3 is 0 Å². The highest BCUT2D eigenvalue weighted by Crippen LogP contribution is 2.33. The first-order valence-corrected chi connectivity index (χ1v) is 13.2. The van der Waals surface area contributed by atoms with Gasteiger partial charge in [-0.1, -0.05) is 36.4 Å². The third-order valence-corrected chi connectivity index (χ3v) is 8.42. The Morgan fingerprint density at radius 2 is 1.85 bits per heavy atom. The topological polar surface area (TPSA) is 47.0 Å². The fraction of sp³-hybridized carbons (Fsp3) is 0.321. The molecule has 3 heterocycles. The van der Waals surface area contributed by atoms with Crippen molar-refractivity contribution in [2.24, 2.45) is 5.92 Å². The normalized spacial score (nSPS) is 12.2. The number of thiophene rings is 2. The molecule has 1 unspecified atom stereocenters. The molecule has 170 valence electrons. The van der Waals surface area contributed by atoms with Crippen molar-refractivity contribution >= 4 is 44.5 Å². The summed E-state index contributed by atoms with van der Waals surface area (Å²) in [6.07, 6.45) is 7.40. The van der Waals surface area contributed by atoms with E-state index in [0.29, 0.717) is 17.9 Å². The number of nitrogens with zero attached hydrogens (tertiary/aromatic N) is 1. The lowest BCUT2D eigenvalue weighted by Crippen LogP contribution is -2.10. The maximum absolute atomic E-state index is 13.4. The fourth-order valence-electron chi connectivity index (χ4n) is 4.29. The average Bonchev–Trinajstić information content (AvgIpc) is 3.45. The molecule has 0 saturated carbocycles. The van der Waals surface area contributed by atoms with Crippen molar-refractivity contribution in [3.63, 3.8) is 0 Å². The lowest BCUT2D eigenvalue weighted by Gasteiger charge is -2.16. The number of rotatable bonds is 11. The molecule has 0 spiro atoms. The van der Waals surface area contributed by atoms with Gasteiger partial charge in [-0.15, -0.1) is 22.7 Å². The zero-order valence-electron chi connectivity index (χ0n) is 19.2. The van der Waals surface area contributed by atoms with Crippen molar-refractivity contribution in [1.82, 2.24) is 4.98 Å². The summed E-state index contributed by atoms with van der Waals surface area (Å²) in [6, 6.07) is 16.7. The predicted molar refractivity (Wildman–Crippen MR) is 139 cm³/mol. The van der Waals surface area contributed by atoms with Crippen molar-refractivity contribution < 1.29 is 9.59 Å². The van der Waals surface area contributed by atoms with Crippen LogP contribution >= 0.6 is 22.7 Å². The van der Waals surface area contributed by atoms with Crippen LogP contribution in [0.4, 0.5) is 0 Å². The Labute approximate surface area is 203 Å². The number of carbonyl (C=O) groups excluding carboxylic acids is 2. The molecule has 0 aliphatic heterocycles. The number of Topliss-reactive ketones (excluding diaryl/α,β-unsaturated/α-hetero) is 2. The number of hydrogen-bond acceptors (Lipinski definition) is 5. The van der Waals surface area contributed by atoms with Crippen LogP contribution in [-0.4, -0.2) is 16.6 Å². The lowest BCUT2D eigenvalue weighted by atomic mass is 9.89. The largest absolute Gasteiger partial charge is 0.294 e. The standard InChI is InChI=1S/C28H29NO2S2/c1-19-25-17-23(20(2)30)18-29-28(25)33-27(19)26(31)16-22(10-6-11-24-12-7-15-32-24)14-13-21-8-4-3-5-9-21/h3-5,7-9,12,15,17-18,22H,6,10-11,13-14,16H2,1-2H3. The number of aryl methyl sites for hydroxylation is 3. The van der Waals surface area contributed by atoms with Gasteiger partial charge in [-0.25, -0.2) is 4.98 Å².